The van der Waals surface area contributed by atoms with Crippen molar-refractivity contribution >= 4 is 11.4 Å². The van der Waals surface area contributed by atoms with Gasteiger partial charge in [-0.05, 0) is 18.2 Å². The second kappa shape index (κ2) is 4.20. The Hall–Kier alpha value is -1.73. The van der Waals surface area contributed by atoms with Gasteiger partial charge in [0.1, 0.15) is 0 Å². The van der Waals surface area contributed by atoms with Gasteiger partial charge in [0.05, 0.1) is 23.0 Å². The molecule has 1 aliphatic heterocycles. The first-order valence-electron chi connectivity index (χ1n) is 5.08. The molecule has 4 nitrogen and oxygen atoms in total. The van der Waals surface area contributed by atoms with Gasteiger partial charge in [0.2, 0.25) is 0 Å². The van der Waals surface area contributed by atoms with Gasteiger partial charge in [-0.1, -0.05) is 0 Å². The highest BCUT2D eigenvalue weighted by Gasteiger charge is 2.15. The summed E-state index contributed by atoms with van der Waals surface area (Å²) in [6.45, 7) is 3.35. The van der Waals surface area contributed by atoms with E-state index in [9.17, 15) is 0 Å². The van der Waals surface area contributed by atoms with Crippen molar-refractivity contribution < 1.29 is 0 Å². The Morgan fingerprint density at radius 1 is 1.53 bits per heavy atom. The van der Waals surface area contributed by atoms with Crippen LogP contribution in [0.3, 0.4) is 0 Å². The maximum Gasteiger partial charge on any atom is 0.0992 e. The fraction of sp³-hybridized carbons (Fsp3) is 0.364. The van der Waals surface area contributed by atoms with Crippen molar-refractivity contribution in [1.29, 1.82) is 5.26 Å². The van der Waals surface area contributed by atoms with Crippen LogP contribution in [-0.2, 0) is 0 Å². The average molecular weight is 202 g/mol. The molecule has 78 valence electrons. The zero-order valence-electron chi connectivity index (χ0n) is 8.53. The molecule has 2 rings (SSSR count). The molecule has 3 N–H and O–H groups in total. The molecule has 0 radical (unpaired) electrons. The number of nitrogens with two attached hydrogens (primary N) is 1. The standard InChI is InChI=1S/C11H14N4/c12-3-5-15-6-4-14-10-2-1-9(8-13)7-11(10)15/h1-2,7,14H,3-6,12H2. The minimum atomic E-state index is 0.635. The predicted octanol–water partition coefficient (Wildman–Crippen LogP) is 0.749. The van der Waals surface area contributed by atoms with Gasteiger partial charge in [-0.15, -0.1) is 0 Å². The molecular formula is C11H14N4. The third-order valence-electron chi connectivity index (χ3n) is 2.56. The van der Waals surface area contributed by atoms with E-state index in [1.165, 1.54) is 0 Å². The third-order valence-corrected chi connectivity index (χ3v) is 2.56. The van der Waals surface area contributed by atoms with E-state index in [0.717, 1.165) is 31.0 Å². The van der Waals surface area contributed by atoms with Crippen molar-refractivity contribution in [3.8, 4) is 6.07 Å². The largest absolute Gasteiger partial charge is 0.382 e. The minimum absolute atomic E-state index is 0.635. The predicted molar refractivity (Wildman–Crippen MR) is 60.9 cm³/mol. The summed E-state index contributed by atoms with van der Waals surface area (Å²) < 4.78 is 0. The normalized spacial score (nSPS) is 14.0. The Morgan fingerprint density at radius 2 is 2.40 bits per heavy atom. The molecule has 0 amide bonds. The summed E-state index contributed by atoms with van der Waals surface area (Å²) in [7, 11) is 0. The Labute approximate surface area is 89.3 Å². The van der Waals surface area contributed by atoms with Gasteiger partial charge in [-0.25, -0.2) is 0 Å². The lowest BCUT2D eigenvalue weighted by atomic mass is 10.1. The second-order valence-corrected chi connectivity index (χ2v) is 3.55. The summed E-state index contributed by atoms with van der Waals surface area (Å²) in [5, 5.41) is 12.2. The molecule has 0 unspecified atom stereocenters. The highest BCUT2D eigenvalue weighted by atomic mass is 15.2. The number of hydrogen-bond donors (Lipinski definition) is 2. The first-order valence-corrected chi connectivity index (χ1v) is 5.08. The number of nitrogens with one attached hydrogen (secondary N) is 1. The van der Waals surface area contributed by atoms with E-state index in [0.29, 0.717) is 12.1 Å². The number of benzene rings is 1. The average Bonchev–Trinajstić information content (AvgIpc) is 2.29. The summed E-state index contributed by atoms with van der Waals surface area (Å²) in [5.41, 5.74) is 8.43. The molecule has 0 aromatic heterocycles. The van der Waals surface area contributed by atoms with Crippen LogP contribution >= 0.6 is 0 Å². The maximum absolute atomic E-state index is 8.84. The molecule has 1 heterocycles. The van der Waals surface area contributed by atoms with Crippen LogP contribution < -0.4 is 16.0 Å². The summed E-state index contributed by atoms with van der Waals surface area (Å²) in [4.78, 5) is 2.21. The Balaban J connectivity index is 2.36. The Bertz CT molecular complexity index is 394. The number of fused-ring (bicyclic) bond motifs is 1. The molecule has 0 saturated carbocycles. The van der Waals surface area contributed by atoms with E-state index in [1.54, 1.807) is 0 Å². The van der Waals surface area contributed by atoms with Crippen LogP contribution in [0.2, 0.25) is 0 Å². The SMILES string of the molecule is N#Cc1ccc2c(c1)N(CCN)CCN2. The zero-order chi connectivity index (χ0) is 10.7. The molecule has 4 heteroatoms. The molecule has 0 spiro atoms. The van der Waals surface area contributed by atoms with Crippen molar-refractivity contribution in [2.75, 3.05) is 36.4 Å². The van der Waals surface area contributed by atoms with Crippen LogP contribution in [0.5, 0.6) is 0 Å². The smallest absolute Gasteiger partial charge is 0.0992 e. The maximum atomic E-state index is 8.84. The van der Waals surface area contributed by atoms with Gasteiger partial charge in [-0.2, -0.15) is 5.26 Å². The van der Waals surface area contributed by atoms with Gasteiger partial charge < -0.3 is 16.0 Å². The van der Waals surface area contributed by atoms with Crippen molar-refractivity contribution in [2.45, 2.75) is 0 Å². The number of hydrogen-bond acceptors (Lipinski definition) is 4. The molecule has 1 aromatic carbocycles. The van der Waals surface area contributed by atoms with Crippen LogP contribution in [0.25, 0.3) is 0 Å². The van der Waals surface area contributed by atoms with E-state index in [-0.39, 0.29) is 0 Å². The van der Waals surface area contributed by atoms with Crippen LogP contribution in [-0.4, -0.2) is 26.2 Å². The first kappa shape index (κ1) is 9.81. The van der Waals surface area contributed by atoms with Crippen LogP contribution in [0, 0.1) is 11.3 Å². The van der Waals surface area contributed by atoms with Crippen molar-refractivity contribution in [3.63, 3.8) is 0 Å². The van der Waals surface area contributed by atoms with Crippen molar-refractivity contribution in [1.82, 2.24) is 0 Å². The molecule has 0 atom stereocenters. The van der Waals surface area contributed by atoms with E-state index in [2.05, 4.69) is 16.3 Å². The van der Waals surface area contributed by atoms with Gasteiger partial charge in [-0.3, -0.25) is 0 Å². The molecule has 1 aromatic rings. The summed E-state index contributed by atoms with van der Waals surface area (Å²) >= 11 is 0. The van der Waals surface area contributed by atoms with Gasteiger partial charge in [0, 0.05) is 26.2 Å². The zero-order valence-corrected chi connectivity index (χ0v) is 8.53. The molecule has 0 aliphatic carbocycles. The van der Waals surface area contributed by atoms with Gasteiger partial charge in [0.15, 0.2) is 0 Å². The fourth-order valence-corrected chi connectivity index (χ4v) is 1.85. The third kappa shape index (κ3) is 1.88. The summed E-state index contributed by atoms with van der Waals surface area (Å²) in [5.74, 6) is 0. The molecular weight excluding hydrogens is 188 g/mol. The quantitative estimate of drug-likeness (QED) is 0.742. The summed E-state index contributed by atoms with van der Waals surface area (Å²) in [6, 6.07) is 7.85. The van der Waals surface area contributed by atoms with Crippen molar-refractivity contribution in [2.24, 2.45) is 5.73 Å². The first-order chi connectivity index (χ1) is 7.35. The number of nitrogens with zero attached hydrogens (tertiary/aromatic N) is 2. The van der Waals surface area contributed by atoms with Gasteiger partial charge >= 0.3 is 0 Å². The Kier molecular flexibility index (Phi) is 2.75. The lowest BCUT2D eigenvalue weighted by Gasteiger charge is -2.31. The molecule has 0 saturated heterocycles. The van der Waals surface area contributed by atoms with Crippen LogP contribution in [0.1, 0.15) is 5.56 Å². The van der Waals surface area contributed by atoms with E-state index in [1.807, 2.05) is 18.2 Å². The summed E-state index contributed by atoms with van der Waals surface area (Å²) in [6.07, 6.45) is 0. The van der Waals surface area contributed by atoms with E-state index < -0.39 is 0 Å². The molecule has 15 heavy (non-hydrogen) atoms. The second-order valence-electron chi connectivity index (χ2n) is 3.55. The topological polar surface area (TPSA) is 65.1 Å². The van der Waals surface area contributed by atoms with E-state index in [4.69, 9.17) is 11.0 Å². The highest BCUT2D eigenvalue weighted by Crippen LogP contribution is 2.29. The monoisotopic (exact) mass is 202 g/mol. The van der Waals surface area contributed by atoms with Crippen LogP contribution in [0.15, 0.2) is 18.2 Å². The number of nitriles is 1. The Morgan fingerprint density at radius 3 is 3.13 bits per heavy atom. The molecule has 0 fully saturated rings. The number of anilines is 2. The fourth-order valence-electron chi connectivity index (χ4n) is 1.85. The van der Waals surface area contributed by atoms with Crippen LogP contribution in [0.4, 0.5) is 11.4 Å². The van der Waals surface area contributed by atoms with Gasteiger partial charge in [0.25, 0.3) is 0 Å². The molecule has 1 aliphatic rings. The lowest BCUT2D eigenvalue weighted by Crippen LogP contribution is -2.37. The molecule has 0 bridgehead atoms. The van der Waals surface area contributed by atoms with E-state index >= 15 is 0 Å². The highest BCUT2D eigenvalue weighted by molar-refractivity contribution is 5.73. The number of rotatable bonds is 2. The van der Waals surface area contributed by atoms with Crippen molar-refractivity contribution in [3.05, 3.63) is 23.8 Å². The minimum Gasteiger partial charge on any atom is -0.382 e. The lowest BCUT2D eigenvalue weighted by molar-refractivity contribution is 0.780.